The van der Waals surface area contributed by atoms with E-state index in [9.17, 15) is 9.90 Å². The summed E-state index contributed by atoms with van der Waals surface area (Å²) in [6.45, 7) is 7.63. The van der Waals surface area contributed by atoms with Crippen molar-refractivity contribution in [3.63, 3.8) is 0 Å². The number of carboxylic acid groups (broad SMARTS) is 1. The number of rotatable bonds is 13. The molecule has 0 saturated heterocycles. The summed E-state index contributed by atoms with van der Waals surface area (Å²) in [4.78, 5) is 11.2. The summed E-state index contributed by atoms with van der Waals surface area (Å²) in [5, 5.41) is 9.18. The molecule has 2 rings (SSSR count). The first-order valence-corrected chi connectivity index (χ1v) is 10.2. The molecule has 0 spiro atoms. The third-order valence-electron chi connectivity index (χ3n) is 4.17. The quantitative estimate of drug-likeness (QED) is 0.516. The van der Waals surface area contributed by atoms with Gasteiger partial charge < -0.3 is 24.1 Å². The van der Waals surface area contributed by atoms with Crippen molar-refractivity contribution in [3.05, 3.63) is 59.7 Å². The first kappa shape index (κ1) is 23.3. The van der Waals surface area contributed by atoms with Gasteiger partial charge in [0.25, 0.3) is 0 Å². The second-order valence-electron chi connectivity index (χ2n) is 6.45. The van der Waals surface area contributed by atoms with Crippen molar-refractivity contribution in [1.82, 2.24) is 0 Å². The van der Waals surface area contributed by atoms with Crippen LogP contribution in [0.1, 0.15) is 31.9 Å². The van der Waals surface area contributed by atoms with Crippen molar-refractivity contribution in [3.8, 4) is 17.2 Å². The van der Waals surface area contributed by atoms with E-state index in [4.69, 9.17) is 18.9 Å². The van der Waals surface area contributed by atoms with Gasteiger partial charge in [-0.2, -0.15) is 0 Å². The second kappa shape index (κ2) is 12.5. The van der Waals surface area contributed by atoms with Crippen LogP contribution in [-0.4, -0.2) is 43.6 Å². The largest absolute Gasteiger partial charge is 0.494 e. The highest BCUT2D eigenvalue weighted by Gasteiger charge is 2.17. The minimum absolute atomic E-state index is 0.321. The lowest BCUT2D eigenvalue weighted by Crippen LogP contribution is -2.26. The Hall–Kier alpha value is -2.99. The Kier molecular flexibility index (Phi) is 9.74. The SMILES string of the molecule is CCOc1cc(/C=C/COc2ccc(C[C@H](OCC)C(=O)O)cc2)cc(OCC)c1. The van der Waals surface area contributed by atoms with E-state index in [1.807, 2.05) is 68.5 Å². The fourth-order valence-corrected chi connectivity index (χ4v) is 2.87. The summed E-state index contributed by atoms with van der Waals surface area (Å²) in [6, 6.07) is 13.2. The van der Waals surface area contributed by atoms with Gasteiger partial charge in [0.1, 0.15) is 23.9 Å². The third-order valence-corrected chi connectivity index (χ3v) is 4.17. The molecule has 1 N–H and O–H groups in total. The van der Waals surface area contributed by atoms with Gasteiger partial charge in [-0.3, -0.25) is 0 Å². The van der Waals surface area contributed by atoms with E-state index in [2.05, 4.69) is 0 Å². The van der Waals surface area contributed by atoms with E-state index < -0.39 is 12.1 Å². The van der Waals surface area contributed by atoms with Crippen molar-refractivity contribution in [2.24, 2.45) is 0 Å². The number of hydrogen-bond acceptors (Lipinski definition) is 5. The molecule has 162 valence electrons. The Bertz CT molecular complexity index is 789. The molecule has 0 heterocycles. The molecule has 0 aliphatic rings. The standard InChI is InChI=1S/C24H30O6/c1-4-27-21-14-19(15-22(17-21)28-5-2)8-7-13-30-20-11-9-18(10-12-20)16-23(24(25)26)29-6-3/h7-12,14-15,17,23H,4-6,13,16H2,1-3H3,(H,25,26)/b8-7+/t23-/m0/s1. The zero-order chi connectivity index (χ0) is 21.8. The van der Waals surface area contributed by atoms with Gasteiger partial charge in [0, 0.05) is 19.1 Å². The monoisotopic (exact) mass is 414 g/mol. The van der Waals surface area contributed by atoms with Crippen molar-refractivity contribution < 1.29 is 28.8 Å². The molecule has 0 amide bonds. The normalized spacial score (nSPS) is 12.0. The smallest absolute Gasteiger partial charge is 0.333 e. The number of benzene rings is 2. The lowest BCUT2D eigenvalue weighted by Gasteiger charge is -2.12. The topological polar surface area (TPSA) is 74.2 Å². The lowest BCUT2D eigenvalue weighted by atomic mass is 10.1. The molecule has 0 aliphatic carbocycles. The average Bonchev–Trinajstić information content (AvgIpc) is 2.72. The second-order valence-corrected chi connectivity index (χ2v) is 6.45. The van der Waals surface area contributed by atoms with E-state index in [1.165, 1.54) is 0 Å². The Morgan fingerprint density at radius 2 is 1.53 bits per heavy atom. The summed E-state index contributed by atoms with van der Waals surface area (Å²) < 4.78 is 22.2. The summed E-state index contributed by atoms with van der Waals surface area (Å²) in [5.41, 5.74) is 1.86. The van der Waals surface area contributed by atoms with Gasteiger partial charge in [-0.15, -0.1) is 0 Å². The molecular formula is C24H30O6. The lowest BCUT2D eigenvalue weighted by molar-refractivity contribution is -0.149. The maximum absolute atomic E-state index is 11.2. The number of carbonyl (C=O) groups is 1. The predicted octanol–water partition coefficient (Wildman–Crippen LogP) is 4.61. The van der Waals surface area contributed by atoms with E-state index in [-0.39, 0.29) is 0 Å². The van der Waals surface area contributed by atoms with Gasteiger partial charge in [-0.25, -0.2) is 4.79 Å². The number of aliphatic carboxylic acids is 1. The maximum Gasteiger partial charge on any atom is 0.333 e. The third kappa shape index (κ3) is 7.79. The Morgan fingerprint density at radius 1 is 0.900 bits per heavy atom. The Labute approximate surface area is 178 Å². The molecule has 0 aliphatic heterocycles. The van der Waals surface area contributed by atoms with Crippen LogP contribution >= 0.6 is 0 Å². The molecule has 30 heavy (non-hydrogen) atoms. The van der Waals surface area contributed by atoms with Crippen LogP contribution in [0, 0.1) is 0 Å². The highest BCUT2D eigenvalue weighted by molar-refractivity contribution is 5.72. The highest BCUT2D eigenvalue weighted by Crippen LogP contribution is 2.24. The highest BCUT2D eigenvalue weighted by atomic mass is 16.5. The van der Waals surface area contributed by atoms with Crippen LogP contribution in [-0.2, 0) is 16.0 Å². The fourth-order valence-electron chi connectivity index (χ4n) is 2.87. The number of hydrogen-bond donors (Lipinski definition) is 1. The summed E-state index contributed by atoms with van der Waals surface area (Å²) in [7, 11) is 0. The first-order chi connectivity index (χ1) is 14.5. The minimum Gasteiger partial charge on any atom is -0.494 e. The predicted molar refractivity (Wildman–Crippen MR) is 117 cm³/mol. The number of carboxylic acids is 1. The Morgan fingerprint density at radius 3 is 2.07 bits per heavy atom. The molecule has 6 nitrogen and oxygen atoms in total. The molecule has 0 radical (unpaired) electrons. The van der Waals surface area contributed by atoms with Gasteiger partial charge in [0.2, 0.25) is 0 Å². The van der Waals surface area contributed by atoms with Crippen LogP contribution < -0.4 is 14.2 Å². The minimum atomic E-state index is -0.955. The summed E-state index contributed by atoms with van der Waals surface area (Å²) in [5.74, 6) is 1.30. The van der Waals surface area contributed by atoms with Gasteiger partial charge in [0.15, 0.2) is 6.10 Å². The zero-order valence-electron chi connectivity index (χ0n) is 17.8. The van der Waals surface area contributed by atoms with Crippen LogP contribution in [0.3, 0.4) is 0 Å². The Balaban J connectivity index is 1.91. The maximum atomic E-state index is 11.2. The van der Waals surface area contributed by atoms with Crippen molar-refractivity contribution in [2.45, 2.75) is 33.3 Å². The molecule has 0 bridgehead atoms. The van der Waals surface area contributed by atoms with Crippen molar-refractivity contribution >= 4 is 12.0 Å². The first-order valence-electron chi connectivity index (χ1n) is 10.2. The molecule has 0 fully saturated rings. The van der Waals surface area contributed by atoms with E-state index in [0.717, 1.165) is 22.6 Å². The van der Waals surface area contributed by atoms with E-state index in [1.54, 1.807) is 6.92 Å². The van der Waals surface area contributed by atoms with Crippen LogP contribution in [0.2, 0.25) is 0 Å². The van der Waals surface area contributed by atoms with Crippen molar-refractivity contribution in [2.75, 3.05) is 26.4 Å². The van der Waals surface area contributed by atoms with Gasteiger partial charge in [0.05, 0.1) is 13.2 Å². The molecule has 2 aromatic rings. The molecule has 0 unspecified atom stereocenters. The zero-order valence-corrected chi connectivity index (χ0v) is 17.8. The van der Waals surface area contributed by atoms with Crippen LogP contribution in [0.5, 0.6) is 17.2 Å². The summed E-state index contributed by atoms with van der Waals surface area (Å²) >= 11 is 0. The fraction of sp³-hybridized carbons (Fsp3) is 0.375. The van der Waals surface area contributed by atoms with Crippen LogP contribution in [0.25, 0.3) is 6.08 Å². The molecule has 6 heteroatoms. The molecule has 1 atom stereocenters. The van der Waals surface area contributed by atoms with Gasteiger partial charge in [-0.05, 0) is 62.2 Å². The van der Waals surface area contributed by atoms with Gasteiger partial charge in [-0.1, -0.05) is 18.2 Å². The van der Waals surface area contributed by atoms with Crippen LogP contribution in [0.15, 0.2) is 48.5 Å². The molecule has 2 aromatic carbocycles. The van der Waals surface area contributed by atoms with Crippen molar-refractivity contribution in [1.29, 1.82) is 0 Å². The summed E-state index contributed by atoms with van der Waals surface area (Å²) in [6.07, 6.45) is 3.36. The molecular weight excluding hydrogens is 384 g/mol. The van der Waals surface area contributed by atoms with Gasteiger partial charge >= 0.3 is 5.97 Å². The molecule has 0 aromatic heterocycles. The molecule has 0 saturated carbocycles. The van der Waals surface area contributed by atoms with E-state index >= 15 is 0 Å². The number of ether oxygens (including phenoxy) is 4. The van der Waals surface area contributed by atoms with Crippen LogP contribution in [0.4, 0.5) is 0 Å². The van der Waals surface area contributed by atoms with E-state index in [0.29, 0.717) is 38.6 Å². The average molecular weight is 414 g/mol.